The van der Waals surface area contributed by atoms with Crippen molar-refractivity contribution in [2.75, 3.05) is 10.6 Å². The van der Waals surface area contributed by atoms with E-state index in [-0.39, 0.29) is 22.9 Å². The van der Waals surface area contributed by atoms with Crippen LogP contribution in [-0.4, -0.2) is 51.2 Å². The number of anilines is 2. The van der Waals surface area contributed by atoms with Crippen LogP contribution in [0.5, 0.6) is 0 Å². The molecule has 0 heterocycles. The zero-order chi connectivity index (χ0) is 35.8. The van der Waals surface area contributed by atoms with Gasteiger partial charge in [-0.1, -0.05) is 43.0 Å². The summed E-state index contributed by atoms with van der Waals surface area (Å²) in [5.41, 5.74) is 4.93. The third-order valence-corrected chi connectivity index (χ3v) is 7.76. The van der Waals surface area contributed by atoms with Crippen molar-refractivity contribution < 1.29 is 47.5 Å². The molecule has 1 saturated carbocycles. The fourth-order valence-electron chi connectivity index (χ4n) is 5.51. The van der Waals surface area contributed by atoms with Crippen molar-refractivity contribution in [3.8, 4) is 11.1 Å². The number of halogens is 3. The molecule has 0 radical (unpaired) electrons. The van der Waals surface area contributed by atoms with Crippen LogP contribution in [0.25, 0.3) is 11.1 Å². The number of carboxylic acid groups (broad SMARTS) is 2. The second kappa shape index (κ2) is 15.9. The van der Waals surface area contributed by atoms with Crippen LogP contribution in [0.15, 0.2) is 54.6 Å². The number of carbonyl (C=O) groups excluding carboxylic acids is 2. The summed E-state index contributed by atoms with van der Waals surface area (Å²) >= 11 is 0. The summed E-state index contributed by atoms with van der Waals surface area (Å²) in [5, 5.41) is 36.4. The van der Waals surface area contributed by atoms with Crippen molar-refractivity contribution >= 4 is 40.9 Å². The predicted molar refractivity (Wildman–Crippen MR) is 171 cm³/mol. The van der Waals surface area contributed by atoms with E-state index in [1.165, 1.54) is 18.2 Å². The van der Waals surface area contributed by atoms with E-state index in [0.29, 0.717) is 16.8 Å². The number of aryl methyl sites for hydroxylation is 3. The molecule has 1 fully saturated rings. The number of alkyl halides is 3. The Morgan fingerprint density at radius 3 is 1.90 bits per heavy atom. The highest BCUT2D eigenvalue weighted by atomic mass is 19.4. The Balaban J connectivity index is 0.000000804. The van der Waals surface area contributed by atoms with Crippen molar-refractivity contribution in [3.63, 3.8) is 0 Å². The smallest absolute Gasteiger partial charge is 0.480 e. The van der Waals surface area contributed by atoms with Gasteiger partial charge in [-0.15, -0.1) is 0 Å². The number of non-ortho nitro benzene ring substituents is 1. The molecule has 3 aromatic rings. The zero-order valence-electron chi connectivity index (χ0n) is 26.3. The number of aliphatic carboxylic acids is 2. The summed E-state index contributed by atoms with van der Waals surface area (Å²) in [5.74, 6) is -4.63. The van der Waals surface area contributed by atoms with E-state index in [9.17, 15) is 42.8 Å². The molecule has 15 heteroatoms. The van der Waals surface area contributed by atoms with Gasteiger partial charge in [0.15, 0.2) is 0 Å². The number of nitro benzene ring substituents is 1. The Morgan fingerprint density at radius 1 is 0.854 bits per heavy atom. The van der Waals surface area contributed by atoms with Gasteiger partial charge in [0, 0.05) is 17.8 Å². The first kappa shape index (κ1) is 37.0. The van der Waals surface area contributed by atoms with Crippen LogP contribution in [0.1, 0.15) is 59.2 Å². The zero-order valence-corrected chi connectivity index (χ0v) is 26.3. The number of benzene rings is 3. The molecule has 0 saturated heterocycles. The van der Waals surface area contributed by atoms with Gasteiger partial charge < -0.3 is 26.2 Å². The van der Waals surface area contributed by atoms with Crippen LogP contribution in [0.3, 0.4) is 0 Å². The van der Waals surface area contributed by atoms with E-state index in [1.54, 1.807) is 24.3 Å². The van der Waals surface area contributed by atoms with Gasteiger partial charge in [0.2, 0.25) is 0 Å². The standard InChI is InChI=1S/C31H34N4O6.C2HF3O2/c1-18-15-19(2)27(20(3)16-18)34-31(39)32-26-17-23(21-9-12-24(13-10-21)35(40)41)11-14-25(26)29(36)33-28(30(37)38)22-7-5-4-6-8-22;3-2(4,5)1(6)7/h9-17,22,28H,4-8H2,1-3H3,(H,33,36)(H,37,38)(H2,32,34,39);(H,6,7)/t28-;/m0./s1. The van der Waals surface area contributed by atoms with Crippen LogP contribution in [-0.2, 0) is 9.59 Å². The lowest BCUT2D eigenvalue weighted by molar-refractivity contribution is -0.384. The molecule has 48 heavy (non-hydrogen) atoms. The number of rotatable bonds is 8. The maximum absolute atomic E-state index is 13.5. The predicted octanol–water partition coefficient (Wildman–Crippen LogP) is 7.23. The van der Waals surface area contributed by atoms with Crippen molar-refractivity contribution in [2.45, 2.75) is 65.1 Å². The van der Waals surface area contributed by atoms with Crippen LogP contribution < -0.4 is 16.0 Å². The lowest BCUT2D eigenvalue weighted by atomic mass is 9.83. The molecule has 0 bridgehead atoms. The monoisotopic (exact) mass is 672 g/mol. The molecule has 0 unspecified atom stereocenters. The third-order valence-electron chi connectivity index (χ3n) is 7.76. The van der Waals surface area contributed by atoms with Gasteiger partial charge in [-0.3, -0.25) is 14.9 Å². The van der Waals surface area contributed by atoms with Gasteiger partial charge in [0.05, 0.1) is 16.2 Å². The van der Waals surface area contributed by atoms with Gasteiger partial charge in [0.1, 0.15) is 6.04 Å². The van der Waals surface area contributed by atoms with Crippen molar-refractivity contribution in [2.24, 2.45) is 5.92 Å². The summed E-state index contributed by atoms with van der Waals surface area (Å²) in [6.45, 7) is 5.75. The first-order chi connectivity index (χ1) is 22.5. The van der Waals surface area contributed by atoms with E-state index in [0.717, 1.165) is 48.8 Å². The Bertz CT molecular complexity index is 1660. The van der Waals surface area contributed by atoms with Crippen molar-refractivity contribution in [1.82, 2.24) is 5.32 Å². The molecule has 0 aliphatic heterocycles. The van der Waals surface area contributed by atoms with Gasteiger partial charge in [-0.2, -0.15) is 13.2 Å². The van der Waals surface area contributed by atoms with Crippen LogP contribution in [0.2, 0.25) is 0 Å². The summed E-state index contributed by atoms with van der Waals surface area (Å²) in [6, 6.07) is 13.0. The number of hydrogen-bond acceptors (Lipinski definition) is 6. The minimum atomic E-state index is -5.08. The fourth-order valence-corrected chi connectivity index (χ4v) is 5.51. The second-order valence-electron chi connectivity index (χ2n) is 11.4. The summed E-state index contributed by atoms with van der Waals surface area (Å²) in [6.07, 6.45) is -0.764. The SMILES string of the molecule is Cc1cc(C)c(NC(=O)Nc2cc(-c3ccc([N+](=O)[O-])cc3)ccc2C(=O)N[C@H](C(=O)O)C2CCCCC2)c(C)c1.O=C(O)C(F)(F)F. The van der Waals surface area contributed by atoms with E-state index >= 15 is 0 Å². The lowest BCUT2D eigenvalue weighted by Gasteiger charge is -2.28. The minimum Gasteiger partial charge on any atom is -0.480 e. The number of hydrogen-bond donors (Lipinski definition) is 5. The quantitative estimate of drug-likeness (QED) is 0.122. The largest absolute Gasteiger partial charge is 0.490 e. The van der Waals surface area contributed by atoms with Crippen LogP contribution in [0, 0.1) is 36.8 Å². The second-order valence-corrected chi connectivity index (χ2v) is 11.4. The molecular weight excluding hydrogens is 637 g/mol. The fraction of sp³-hybridized carbons (Fsp3) is 0.333. The lowest BCUT2D eigenvalue weighted by Crippen LogP contribution is -2.46. The third kappa shape index (κ3) is 10.0. The van der Waals surface area contributed by atoms with E-state index in [4.69, 9.17) is 9.90 Å². The highest BCUT2D eigenvalue weighted by Gasteiger charge is 2.38. The number of carboxylic acids is 2. The average molecular weight is 673 g/mol. The molecule has 4 rings (SSSR count). The molecule has 5 N–H and O–H groups in total. The molecule has 3 aromatic carbocycles. The maximum atomic E-state index is 13.5. The highest BCUT2D eigenvalue weighted by Crippen LogP contribution is 2.30. The average Bonchev–Trinajstić information content (AvgIpc) is 3.01. The summed E-state index contributed by atoms with van der Waals surface area (Å²) < 4.78 is 31.7. The molecule has 256 valence electrons. The molecule has 1 aliphatic carbocycles. The molecule has 1 atom stereocenters. The molecule has 0 spiro atoms. The molecular formula is C33H35F3N4O8. The normalized spacial score (nSPS) is 13.7. The van der Waals surface area contributed by atoms with Crippen LogP contribution >= 0.6 is 0 Å². The van der Waals surface area contributed by atoms with Gasteiger partial charge in [0.25, 0.3) is 11.6 Å². The summed E-state index contributed by atoms with van der Waals surface area (Å²) in [7, 11) is 0. The first-order valence-electron chi connectivity index (χ1n) is 14.9. The maximum Gasteiger partial charge on any atom is 0.490 e. The Morgan fingerprint density at radius 2 is 1.40 bits per heavy atom. The number of carbonyl (C=O) groups is 4. The number of urea groups is 1. The topological polar surface area (TPSA) is 188 Å². The minimum absolute atomic E-state index is 0.0614. The molecule has 0 aromatic heterocycles. The highest BCUT2D eigenvalue weighted by molar-refractivity contribution is 6.08. The Hall–Kier alpha value is -5.47. The van der Waals surface area contributed by atoms with Gasteiger partial charge >= 0.3 is 24.1 Å². The summed E-state index contributed by atoms with van der Waals surface area (Å²) in [4.78, 5) is 58.2. The van der Waals surface area contributed by atoms with Crippen molar-refractivity contribution in [3.05, 3.63) is 87.0 Å². The number of nitrogens with zero attached hydrogens (tertiary/aromatic N) is 1. The Kier molecular flexibility index (Phi) is 12.2. The van der Waals surface area contributed by atoms with E-state index in [1.807, 2.05) is 32.9 Å². The van der Waals surface area contributed by atoms with Gasteiger partial charge in [-0.25, -0.2) is 14.4 Å². The van der Waals surface area contributed by atoms with E-state index in [2.05, 4.69) is 16.0 Å². The Labute approximate surface area is 273 Å². The number of nitro groups is 1. The number of nitrogens with one attached hydrogen (secondary N) is 3. The van der Waals surface area contributed by atoms with Gasteiger partial charge in [-0.05, 0) is 86.1 Å². The molecule has 12 nitrogen and oxygen atoms in total. The van der Waals surface area contributed by atoms with E-state index < -0.39 is 41.0 Å². The number of amides is 3. The molecule has 1 aliphatic rings. The molecule has 3 amide bonds. The first-order valence-corrected chi connectivity index (χ1v) is 14.9. The van der Waals surface area contributed by atoms with Crippen molar-refractivity contribution in [1.29, 1.82) is 0 Å². The van der Waals surface area contributed by atoms with Crippen LogP contribution in [0.4, 0.5) is 35.0 Å².